The third-order valence-corrected chi connectivity index (χ3v) is 8.21. The molecule has 0 atom stereocenters. The number of nitrogens with zero attached hydrogens (tertiary/aromatic N) is 2. The zero-order valence-electron chi connectivity index (χ0n) is 18.3. The van der Waals surface area contributed by atoms with E-state index in [1.807, 2.05) is 37.3 Å². The van der Waals surface area contributed by atoms with E-state index in [0.717, 1.165) is 30.4 Å². The first-order chi connectivity index (χ1) is 15.4. The molecule has 1 fully saturated rings. The number of amides is 2. The molecule has 0 aromatic heterocycles. The van der Waals surface area contributed by atoms with Crippen molar-refractivity contribution in [3.05, 3.63) is 64.7 Å². The van der Waals surface area contributed by atoms with Crippen molar-refractivity contribution in [3.8, 4) is 0 Å². The lowest BCUT2D eigenvalue weighted by molar-refractivity contribution is -0.132. The van der Waals surface area contributed by atoms with E-state index < -0.39 is 10.0 Å². The summed E-state index contributed by atoms with van der Waals surface area (Å²) in [6.45, 7) is 3.39. The Kier molecular flexibility index (Phi) is 6.62. The Labute approximate surface area is 189 Å². The number of hydrogen-bond donors (Lipinski definition) is 1. The van der Waals surface area contributed by atoms with Crippen molar-refractivity contribution in [2.75, 3.05) is 32.7 Å². The minimum Gasteiger partial charge on any atom is -0.352 e. The zero-order chi connectivity index (χ0) is 22.7. The summed E-state index contributed by atoms with van der Waals surface area (Å²) in [5, 5.41) is 2.79. The fourth-order valence-corrected chi connectivity index (χ4v) is 5.87. The molecular formula is C24H29N3O4S. The van der Waals surface area contributed by atoms with Crippen LogP contribution in [0.1, 0.15) is 39.9 Å². The number of fused-ring (bicyclic) bond motifs is 1. The Balaban J connectivity index is 1.27. The highest BCUT2D eigenvalue weighted by Gasteiger charge is 2.30. The molecule has 0 saturated carbocycles. The molecule has 0 bridgehead atoms. The summed E-state index contributed by atoms with van der Waals surface area (Å²) in [6.07, 6.45) is 3.21. The Bertz CT molecular complexity index is 1120. The van der Waals surface area contributed by atoms with Crippen molar-refractivity contribution in [1.82, 2.24) is 14.5 Å². The number of carbonyl (C=O) groups is 2. The van der Waals surface area contributed by atoms with Crippen LogP contribution in [0.4, 0.5) is 0 Å². The number of nitrogens with one attached hydrogen (secondary N) is 1. The predicted molar refractivity (Wildman–Crippen MR) is 122 cm³/mol. The van der Waals surface area contributed by atoms with Crippen molar-refractivity contribution in [2.24, 2.45) is 0 Å². The van der Waals surface area contributed by atoms with E-state index in [4.69, 9.17) is 0 Å². The number of benzene rings is 2. The van der Waals surface area contributed by atoms with Gasteiger partial charge in [-0.3, -0.25) is 9.59 Å². The van der Waals surface area contributed by atoms with Gasteiger partial charge in [-0.1, -0.05) is 24.3 Å². The van der Waals surface area contributed by atoms with E-state index in [9.17, 15) is 18.0 Å². The molecule has 1 N–H and O–H groups in total. The third-order valence-electron chi connectivity index (χ3n) is 6.31. The number of hydrogen-bond acceptors (Lipinski definition) is 4. The fourth-order valence-electron chi connectivity index (χ4n) is 4.40. The molecule has 2 aliphatic rings. The van der Waals surface area contributed by atoms with Crippen LogP contribution < -0.4 is 5.32 Å². The van der Waals surface area contributed by atoms with E-state index in [1.165, 1.54) is 9.87 Å². The normalized spacial score (nSPS) is 16.6. The summed E-state index contributed by atoms with van der Waals surface area (Å²) < 4.78 is 27.6. The SMILES string of the molecule is Cc1ccccc1C(=O)NCCC(=O)N1CCN(S(=O)(=O)c2ccc3c(c2)CCC3)CC1. The molecule has 2 amide bonds. The van der Waals surface area contributed by atoms with Gasteiger partial charge in [0.1, 0.15) is 0 Å². The molecule has 1 aliphatic heterocycles. The van der Waals surface area contributed by atoms with Gasteiger partial charge in [-0.25, -0.2) is 8.42 Å². The van der Waals surface area contributed by atoms with Gasteiger partial charge in [0.2, 0.25) is 15.9 Å². The first-order valence-electron chi connectivity index (χ1n) is 11.1. The molecule has 0 radical (unpaired) electrons. The van der Waals surface area contributed by atoms with Gasteiger partial charge in [-0.05, 0) is 61.1 Å². The average Bonchev–Trinajstić information content (AvgIpc) is 3.27. The van der Waals surface area contributed by atoms with Gasteiger partial charge in [-0.15, -0.1) is 0 Å². The van der Waals surface area contributed by atoms with E-state index in [2.05, 4.69) is 5.32 Å². The van der Waals surface area contributed by atoms with Crippen LogP contribution in [-0.4, -0.2) is 62.2 Å². The van der Waals surface area contributed by atoms with Gasteiger partial charge < -0.3 is 10.2 Å². The molecule has 170 valence electrons. The predicted octanol–water partition coefficient (Wildman–Crippen LogP) is 2.14. The topological polar surface area (TPSA) is 86.8 Å². The summed E-state index contributed by atoms with van der Waals surface area (Å²) >= 11 is 0. The first kappa shape index (κ1) is 22.5. The number of aryl methyl sites for hydroxylation is 3. The lowest BCUT2D eigenvalue weighted by Crippen LogP contribution is -2.50. The Morgan fingerprint density at radius 1 is 0.969 bits per heavy atom. The van der Waals surface area contributed by atoms with E-state index in [-0.39, 0.29) is 37.9 Å². The van der Waals surface area contributed by atoms with Crippen LogP contribution >= 0.6 is 0 Å². The molecular weight excluding hydrogens is 426 g/mol. The second-order valence-electron chi connectivity index (χ2n) is 8.39. The van der Waals surface area contributed by atoms with Crippen molar-refractivity contribution in [2.45, 2.75) is 37.5 Å². The second-order valence-corrected chi connectivity index (χ2v) is 10.3. The van der Waals surface area contributed by atoms with Gasteiger partial charge in [0.25, 0.3) is 5.91 Å². The molecule has 4 rings (SSSR count). The first-order valence-corrected chi connectivity index (χ1v) is 12.5. The summed E-state index contributed by atoms with van der Waals surface area (Å²) in [5.41, 5.74) is 3.86. The highest BCUT2D eigenvalue weighted by Crippen LogP contribution is 2.26. The van der Waals surface area contributed by atoms with E-state index in [0.29, 0.717) is 23.5 Å². The van der Waals surface area contributed by atoms with Crippen LogP contribution in [0.15, 0.2) is 47.4 Å². The molecule has 1 aliphatic carbocycles. The summed E-state index contributed by atoms with van der Waals surface area (Å²) in [6, 6.07) is 12.8. The maximum absolute atomic E-state index is 13.0. The van der Waals surface area contributed by atoms with Crippen LogP contribution in [0.25, 0.3) is 0 Å². The van der Waals surface area contributed by atoms with Gasteiger partial charge in [0.05, 0.1) is 4.90 Å². The van der Waals surface area contributed by atoms with Crippen molar-refractivity contribution >= 4 is 21.8 Å². The van der Waals surface area contributed by atoms with Gasteiger partial charge in [0.15, 0.2) is 0 Å². The van der Waals surface area contributed by atoms with Crippen LogP contribution in [0.2, 0.25) is 0 Å². The van der Waals surface area contributed by atoms with Crippen molar-refractivity contribution in [1.29, 1.82) is 0 Å². The molecule has 1 heterocycles. The molecule has 8 heteroatoms. The minimum atomic E-state index is -3.56. The highest BCUT2D eigenvalue weighted by atomic mass is 32.2. The Morgan fingerprint density at radius 3 is 2.44 bits per heavy atom. The lowest BCUT2D eigenvalue weighted by atomic mass is 10.1. The molecule has 1 saturated heterocycles. The maximum atomic E-state index is 13.0. The van der Waals surface area contributed by atoms with Crippen molar-refractivity contribution < 1.29 is 18.0 Å². The summed E-state index contributed by atoms with van der Waals surface area (Å²) in [5.74, 6) is -0.272. The largest absolute Gasteiger partial charge is 0.352 e. The summed E-state index contributed by atoms with van der Waals surface area (Å²) in [7, 11) is -3.56. The molecule has 32 heavy (non-hydrogen) atoms. The van der Waals surface area contributed by atoms with Crippen LogP contribution in [-0.2, 0) is 27.7 Å². The quantitative estimate of drug-likeness (QED) is 0.723. The van der Waals surface area contributed by atoms with Crippen LogP contribution in [0, 0.1) is 6.92 Å². The minimum absolute atomic E-state index is 0.0790. The molecule has 7 nitrogen and oxygen atoms in total. The van der Waals surface area contributed by atoms with E-state index >= 15 is 0 Å². The zero-order valence-corrected chi connectivity index (χ0v) is 19.2. The van der Waals surface area contributed by atoms with Gasteiger partial charge in [-0.2, -0.15) is 4.31 Å². The number of piperazine rings is 1. The number of sulfonamides is 1. The highest BCUT2D eigenvalue weighted by molar-refractivity contribution is 7.89. The monoisotopic (exact) mass is 455 g/mol. The Morgan fingerprint density at radius 2 is 1.69 bits per heavy atom. The average molecular weight is 456 g/mol. The van der Waals surface area contributed by atoms with E-state index in [1.54, 1.807) is 17.0 Å². The fraction of sp³-hybridized carbons (Fsp3) is 0.417. The molecule has 2 aromatic carbocycles. The van der Waals surface area contributed by atoms with Gasteiger partial charge >= 0.3 is 0 Å². The lowest BCUT2D eigenvalue weighted by Gasteiger charge is -2.34. The maximum Gasteiger partial charge on any atom is 0.251 e. The third kappa shape index (κ3) is 4.71. The van der Waals surface area contributed by atoms with Crippen LogP contribution in [0.3, 0.4) is 0 Å². The molecule has 0 spiro atoms. The number of rotatable bonds is 6. The van der Waals surface area contributed by atoms with Gasteiger partial charge in [0, 0.05) is 44.7 Å². The summed E-state index contributed by atoms with van der Waals surface area (Å²) in [4.78, 5) is 26.8. The Hall–Kier alpha value is -2.71. The van der Waals surface area contributed by atoms with Crippen molar-refractivity contribution in [3.63, 3.8) is 0 Å². The second kappa shape index (κ2) is 9.42. The number of carbonyl (C=O) groups excluding carboxylic acids is 2. The standard InChI is InChI=1S/C24H29N3O4S/c1-18-5-2-3-8-22(18)24(29)25-12-11-23(28)26-13-15-27(16-14-26)32(30,31)21-10-9-19-6-4-7-20(19)17-21/h2-3,5,8-10,17H,4,6-7,11-16H2,1H3,(H,25,29). The smallest absolute Gasteiger partial charge is 0.251 e. The van der Waals surface area contributed by atoms with Crippen LogP contribution in [0.5, 0.6) is 0 Å². The molecule has 0 unspecified atom stereocenters. The molecule has 2 aromatic rings.